The van der Waals surface area contributed by atoms with E-state index in [1.165, 1.54) is 15.9 Å². The van der Waals surface area contributed by atoms with Gasteiger partial charge in [-0.15, -0.1) is 11.3 Å². The molecule has 28 heavy (non-hydrogen) atoms. The second-order valence-corrected chi connectivity index (χ2v) is 9.11. The van der Waals surface area contributed by atoms with Crippen molar-refractivity contribution < 1.29 is 13.9 Å². The SMILES string of the molecule is Cc1c(Br)sc2c1c(=O)oc(=O)n2CC(OC1CCOCC1)c1ccccc1. The molecule has 1 aliphatic heterocycles. The highest BCUT2D eigenvalue weighted by atomic mass is 79.9. The highest BCUT2D eigenvalue weighted by Crippen LogP contribution is 2.33. The van der Waals surface area contributed by atoms with Gasteiger partial charge in [-0.05, 0) is 46.8 Å². The van der Waals surface area contributed by atoms with Gasteiger partial charge in [0.15, 0.2) is 0 Å². The number of benzene rings is 1. The summed E-state index contributed by atoms with van der Waals surface area (Å²) in [5.74, 6) is -0.664. The van der Waals surface area contributed by atoms with Gasteiger partial charge in [0.2, 0.25) is 0 Å². The highest BCUT2D eigenvalue weighted by molar-refractivity contribution is 9.11. The molecule has 6 nitrogen and oxygen atoms in total. The Morgan fingerprint density at radius 2 is 1.96 bits per heavy atom. The van der Waals surface area contributed by atoms with Crippen LogP contribution >= 0.6 is 27.3 Å². The van der Waals surface area contributed by atoms with E-state index in [1.54, 1.807) is 0 Å². The van der Waals surface area contributed by atoms with E-state index in [2.05, 4.69) is 15.9 Å². The number of hydrogen-bond donors (Lipinski definition) is 0. The van der Waals surface area contributed by atoms with Gasteiger partial charge < -0.3 is 13.9 Å². The van der Waals surface area contributed by atoms with E-state index in [1.807, 2.05) is 37.3 Å². The Morgan fingerprint density at radius 3 is 2.68 bits per heavy atom. The van der Waals surface area contributed by atoms with Crippen LogP contribution in [0, 0.1) is 6.92 Å². The van der Waals surface area contributed by atoms with Gasteiger partial charge in [-0.1, -0.05) is 30.3 Å². The zero-order chi connectivity index (χ0) is 19.7. The van der Waals surface area contributed by atoms with Gasteiger partial charge in [0.05, 0.1) is 21.8 Å². The molecule has 0 amide bonds. The summed E-state index contributed by atoms with van der Waals surface area (Å²) in [7, 11) is 0. The number of fused-ring (bicyclic) bond motifs is 1. The largest absolute Gasteiger partial charge is 0.423 e. The van der Waals surface area contributed by atoms with Crippen molar-refractivity contribution in [1.29, 1.82) is 0 Å². The minimum atomic E-state index is -0.664. The molecule has 1 saturated heterocycles. The lowest BCUT2D eigenvalue weighted by atomic mass is 10.1. The second kappa shape index (κ2) is 8.32. The predicted octanol–water partition coefficient (Wildman–Crippen LogP) is 4.02. The second-order valence-electron chi connectivity index (χ2n) is 6.79. The molecule has 1 fully saturated rings. The molecule has 0 bridgehead atoms. The first-order chi connectivity index (χ1) is 13.5. The summed E-state index contributed by atoms with van der Waals surface area (Å²) in [6, 6.07) is 9.82. The molecule has 3 heterocycles. The molecule has 0 N–H and O–H groups in total. The molecule has 1 atom stereocenters. The van der Waals surface area contributed by atoms with Gasteiger partial charge in [0.1, 0.15) is 10.9 Å². The van der Waals surface area contributed by atoms with Crippen molar-refractivity contribution in [2.24, 2.45) is 0 Å². The molecule has 2 aromatic heterocycles. The van der Waals surface area contributed by atoms with Crippen LogP contribution in [0.15, 0.2) is 48.1 Å². The molecule has 8 heteroatoms. The highest BCUT2D eigenvalue weighted by Gasteiger charge is 2.24. The predicted molar refractivity (Wildman–Crippen MR) is 111 cm³/mol. The Labute approximate surface area is 173 Å². The average Bonchev–Trinajstić information content (AvgIpc) is 3.00. The van der Waals surface area contributed by atoms with Gasteiger partial charge in [0, 0.05) is 13.2 Å². The summed E-state index contributed by atoms with van der Waals surface area (Å²) in [5, 5.41) is 0.439. The lowest BCUT2D eigenvalue weighted by molar-refractivity contribution is -0.0750. The number of aryl methyl sites for hydroxylation is 1. The number of nitrogens with zero attached hydrogens (tertiary/aromatic N) is 1. The first-order valence-corrected chi connectivity index (χ1v) is 10.8. The van der Waals surface area contributed by atoms with Crippen LogP contribution in [0.25, 0.3) is 10.2 Å². The van der Waals surface area contributed by atoms with Gasteiger partial charge in [-0.2, -0.15) is 0 Å². The van der Waals surface area contributed by atoms with Crippen molar-refractivity contribution in [2.75, 3.05) is 13.2 Å². The summed E-state index contributed by atoms with van der Waals surface area (Å²) in [5.41, 5.74) is 1.16. The first-order valence-electron chi connectivity index (χ1n) is 9.15. The van der Waals surface area contributed by atoms with Crippen LogP contribution in [-0.2, 0) is 16.0 Å². The average molecular weight is 466 g/mol. The molecule has 148 valence electrons. The van der Waals surface area contributed by atoms with Crippen molar-refractivity contribution in [3.8, 4) is 0 Å². The third-order valence-electron chi connectivity index (χ3n) is 4.96. The van der Waals surface area contributed by atoms with E-state index in [0.29, 0.717) is 23.4 Å². The number of aromatic nitrogens is 1. The maximum absolute atomic E-state index is 12.5. The minimum Gasteiger partial charge on any atom is -0.381 e. The summed E-state index contributed by atoms with van der Waals surface area (Å²) in [6.07, 6.45) is 1.37. The van der Waals surface area contributed by atoms with Gasteiger partial charge in [0.25, 0.3) is 0 Å². The maximum atomic E-state index is 12.5. The molecule has 1 aliphatic rings. The van der Waals surface area contributed by atoms with Gasteiger partial charge in [-0.25, -0.2) is 9.59 Å². The molecular formula is C20H20BrNO5S. The molecular weight excluding hydrogens is 446 g/mol. The smallest absolute Gasteiger partial charge is 0.381 e. The van der Waals surface area contributed by atoms with Crippen molar-refractivity contribution in [3.63, 3.8) is 0 Å². The third kappa shape index (κ3) is 3.87. The number of ether oxygens (including phenoxy) is 2. The fourth-order valence-corrected chi connectivity index (χ4v) is 5.11. The first kappa shape index (κ1) is 19.6. The molecule has 0 aliphatic carbocycles. The fourth-order valence-electron chi connectivity index (χ4n) is 3.43. The van der Waals surface area contributed by atoms with Crippen molar-refractivity contribution in [1.82, 2.24) is 4.57 Å². The Hall–Kier alpha value is -1.74. The molecule has 0 saturated carbocycles. The monoisotopic (exact) mass is 465 g/mol. The van der Waals surface area contributed by atoms with E-state index in [0.717, 1.165) is 27.8 Å². The molecule has 1 unspecified atom stereocenters. The number of thiophene rings is 1. The van der Waals surface area contributed by atoms with Crippen molar-refractivity contribution in [2.45, 2.75) is 38.5 Å². The Kier molecular flexibility index (Phi) is 5.82. The molecule has 0 radical (unpaired) electrons. The van der Waals surface area contributed by atoms with Crippen LogP contribution < -0.4 is 11.4 Å². The Balaban J connectivity index is 1.75. The van der Waals surface area contributed by atoms with Crippen LogP contribution in [-0.4, -0.2) is 23.9 Å². The molecule has 3 aromatic rings. The quantitative estimate of drug-likeness (QED) is 0.568. The standard InChI is InChI=1S/C20H20BrNO5S/c1-12-16-18(28-17(12)21)22(20(24)27-19(16)23)11-15(13-5-3-2-4-6-13)26-14-7-9-25-10-8-14/h2-6,14-15H,7-11H2,1H3. The van der Waals surface area contributed by atoms with Crippen LogP contribution in [0.1, 0.15) is 30.1 Å². The molecule has 0 spiro atoms. The molecule has 1 aromatic carbocycles. The minimum absolute atomic E-state index is 0.0673. The van der Waals surface area contributed by atoms with Crippen molar-refractivity contribution >= 4 is 37.5 Å². The van der Waals surface area contributed by atoms with Crippen molar-refractivity contribution in [3.05, 3.63) is 66.2 Å². The normalized spacial score (nSPS) is 16.5. The van der Waals surface area contributed by atoms with Crippen LogP contribution in [0.5, 0.6) is 0 Å². The number of halogens is 1. The zero-order valence-electron chi connectivity index (χ0n) is 15.4. The molecule has 4 rings (SSSR count). The van der Waals surface area contributed by atoms with E-state index < -0.39 is 11.4 Å². The third-order valence-corrected chi connectivity index (χ3v) is 7.15. The number of rotatable bonds is 5. The lowest BCUT2D eigenvalue weighted by Gasteiger charge is -2.28. The fraction of sp³-hybridized carbons (Fsp3) is 0.400. The van der Waals surface area contributed by atoms with E-state index in [-0.39, 0.29) is 18.8 Å². The van der Waals surface area contributed by atoms with Gasteiger partial charge in [-0.3, -0.25) is 4.57 Å². The van der Waals surface area contributed by atoms with Crippen LogP contribution in [0.2, 0.25) is 0 Å². The Morgan fingerprint density at radius 1 is 1.25 bits per heavy atom. The summed E-state index contributed by atoms with van der Waals surface area (Å²) < 4.78 is 19.1. The zero-order valence-corrected chi connectivity index (χ0v) is 17.8. The lowest BCUT2D eigenvalue weighted by Crippen LogP contribution is -2.31. The summed E-state index contributed by atoms with van der Waals surface area (Å²) in [4.78, 5) is 25.4. The topological polar surface area (TPSA) is 70.7 Å². The summed E-state index contributed by atoms with van der Waals surface area (Å²) in [6.45, 7) is 3.45. The van der Waals surface area contributed by atoms with Crippen LogP contribution in [0.4, 0.5) is 0 Å². The van der Waals surface area contributed by atoms with Gasteiger partial charge >= 0.3 is 11.4 Å². The van der Waals surface area contributed by atoms with E-state index >= 15 is 0 Å². The van der Waals surface area contributed by atoms with Crippen LogP contribution in [0.3, 0.4) is 0 Å². The van der Waals surface area contributed by atoms with E-state index in [9.17, 15) is 9.59 Å². The van der Waals surface area contributed by atoms with E-state index in [4.69, 9.17) is 13.9 Å². The maximum Gasteiger partial charge on any atom is 0.423 e. The Bertz CT molecular complexity index is 1080. The number of hydrogen-bond acceptors (Lipinski definition) is 6. The summed E-state index contributed by atoms with van der Waals surface area (Å²) >= 11 is 4.83.